The number of fused-ring (bicyclic) bond motifs is 6. The molecule has 3 heterocycles. The molecule has 0 radical (unpaired) electrons. The average molecular weight is 651 g/mol. The van der Waals surface area contributed by atoms with Crippen molar-refractivity contribution in [2.24, 2.45) is 0 Å². The second kappa shape index (κ2) is 11.9. The predicted octanol–water partition coefficient (Wildman–Crippen LogP) is 11.9. The number of nitrogens with zero attached hydrogens (tertiary/aromatic N) is 4. The minimum Gasteiger partial charge on any atom is -0.309 e. The lowest BCUT2D eigenvalue weighted by atomic mass is 9.98. The highest BCUT2D eigenvalue weighted by molar-refractivity contribution is 6.20. The first-order chi connectivity index (χ1) is 25.3. The summed E-state index contributed by atoms with van der Waals surface area (Å²) in [5.41, 5.74) is 11.2. The van der Waals surface area contributed by atoms with Crippen LogP contribution >= 0.6 is 0 Å². The zero-order chi connectivity index (χ0) is 33.7. The lowest BCUT2D eigenvalue weighted by molar-refractivity contribution is 1.16. The van der Waals surface area contributed by atoms with E-state index in [1.54, 1.807) is 0 Å². The molecule has 3 aromatic heterocycles. The highest BCUT2D eigenvalue weighted by Gasteiger charge is 2.18. The van der Waals surface area contributed by atoms with Crippen LogP contribution in [-0.4, -0.2) is 19.5 Å². The van der Waals surface area contributed by atoms with Gasteiger partial charge < -0.3 is 4.57 Å². The maximum Gasteiger partial charge on any atom is 0.160 e. The monoisotopic (exact) mass is 650 g/mol. The summed E-state index contributed by atoms with van der Waals surface area (Å²) in [5.74, 6) is 0.685. The summed E-state index contributed by atoms with van der Waals surface area (Å²) >= 11 is 0. The van der Waals surface area contributed by atoms with E-state index in [2.05, 4.69) is 150 Å². The minimum absolute atomic E-state index is 0.685. The van der Waals surface area contributed by atoms with Crippen molar-refractivity contribution in [2.75, 3.05) is 0 Å². The van der Waals surface area contributed by atoms with Crippen molar-refractivity contribution >= 4 is 43.5 Å². The first kappa shape index (κ1) is 29.0. The second-order valence-electron chi connectivity index (χ2n) is 12.9. The van der Waals surface area contributed by atoms with E-state index in [9.17, 15) is 0 Å². The molecule has 0 unspecified atom stereocenters. The lowest BCUT2D eigenvalue weighted by Gasteiger charge is -2.13. The first-order valence-corrected chi connectivity index (χ1v) is 17.2. The van der Waals surface area contributed by atoms with Gasteiger partial charge in [-0.1, -0.05) is 140 Å². The molecule has 0 aliphatic heterocycles. The summed E-state index contributed by atoms with van der Waals surface area (Å²) in [5, 5.41) is 5.88. The van der Waals surface area contributed by atoms with Crippen molar-refractivity contribution in [2.45, 2.75) is 0 Å². The van der Waals surface area contributed by atoms with Gasteiger partial charge in [0.2, 0.25) is 0 Å². The van der Waals surface area contributed by atoms with Crippen LogP contribution in [0.25, 0.3) is 94.3 Å². The molecule has 10 aromatic rings. The quantitative estimate of drug-likeness (QED) is 0.174. The van der Waals surface area contributed by atoms with Crippen molar-refractivity contribution in [1.82, 2.24) is 19.5 Å². The smallest absolute Gasteiger partial charge is 0.160 e. The molecule has 4 nitrogen and oxygen atoms in total. The molecule has 0 fully saturated rings. The van der Waals surface area contributed by atoms with Crippen LogP contribution in [0, 0.1) is 0 Å². The number of hydrogen-bond donors (Lipinski definition) is 0. The highest BCUT2D eigenvalue weighted by Crippen LogP contribution is 2.40. The Morgan fingerprint density at radius 3 is 1.63 bits per heavy atom. The fourth-order valence-electron chi connectivity index (χ4n) is 7.38. The third kappa shape index (κ3) is 4.96. The predicted molar refractivity (Wildman–Crippen MR) is 211 cm³/mol. The molecular formula is C47H30N4. The fourth-order valence-corrected chi connectivity index (χ4v) is 7.38. The van der Waals surface area contributed by atoms with E-state index in [0.29, 0.717) is 5.82 Å². The largest absolute Gasteiger partial charge is 0.309 e. The number of benzene rings is 7. The molecule has 4 heteroatoms. The van der Waals surface area contributed by atoms with Crippen LogP contribution in [0.3, 0.4) is 0 Å². The van der Waals surface area contributed by atoms with Gasteiger partial charge in [0, 0.05) is 49.5 Å². The molecule has 0 saturated heterocycles. The van der Waals surface area contributed by atoms with Gasteiger partial charge >= 0.3 is 0 Å². The van der Waals surface area contributed by atoms with Crippen molar-refractivity contribution in [3.05, 3.63) is 182 Å². The SMILES string of the molecule is c1ccc(-c2cc(-c3ccccc3)nc(-c3cccc(-n4c5ccccc5c5cc6c(cc54)c(-c4ccccc4)nc4ccccc46)c3)n2)cc1. The van der Waals surface area contributed by atoms with Crippen LogP contribution in [0.2, 0.25) is 0 Å². The molecule has 0 aliphatic carbocycles. The van der Waals surface area contributed by atoms with Gasteiger partial charge in [-0.3, -0.25) is 0 Å². The molecule has 238 valence electrons. The van der Waals surface area contributed by atoms with Crippen molar-refractivity contribution in [3.63, 3.8) is 0 Å². The third-order valence-electron chi connectivity index (χ3n) is 9.77. The van der Waals surface area contributed by atoms with Crippen molar-refractivity contribution in [1.29, 1.82) is 0 Å². The van der Waals surface area contributed by atoms with Crippen molar-refractivity contribution in [3.8, 4) is 50.8 Å². The minimum atomic E-state index is 0.685. The molecule has 0 spiro atoms. The van der Waals surface area contributed by atoms with Gasteiger partial charge in [-0.15, -0.1) is 0 Å². The molecule has 0 saturated carbocycles. The molecular weight excluding hydrogens is 621 g/mol. The number of aromatic nitrogens is 4. The third-order valence-corrected chi connectivity index (χ3v) is 9.77. The summed E-state index contributed by atoms with van der Waals surface area (Å²) in [6.45, 7) is 0. The molecule has 0 N–H and O–H groups in total. The number of rotatable bonds is 5. The maximum absolute atomic E-state index is 5.23. The van der Waals surface area contributed by atoms with Gasteiger partial charge in [0.25, 0.3) is 0 Å². The van der Waals surface area contributed by atoms with Crippen LogP contribution in [0.1, 0.15) is 0 Å². The Morgan fingerprint density at radius 2 is 0.922 bits per heavy atom. The van der Waals surface area contributed by atoms with E-state index < -0.39 is 0 Å². The zero-order valence-corrected chi connectivity index (χ0v) is 27.6. The Morgan fingerprint density at radius 1 is 0.333 bits per heavy atom. The van der Waals surface area contributed by atoms with Gasteiger partial charge in [-0.2, -0.15) is 0 Å². The Balaban J connectivity index is 1.22. The topological polar surface area (TPSA) is 43.6 Å². The Bertz CT molecular complexity index is 2840. The van der Waals surface area contributed by atoms with Gasteiger partial charge in [0.15, 0.2) is 5.82 Å². The van der Waals surface area contributed by atoms with Crippen LogP contribution in [0.5, 0.6) is 0 Å². The average Bonchev–Trinajstić information content (AvgIpc) is 3.54. The molecule has 0 amide bonds. The normalized spacial score (nSPS) is 11.5. The van der Waals surface area contributed by atoms with E-state index in [-0.39, 0.29) is 0 Å². The van der Waals surface area contributed by atoms with E-state index in [0.717, 1.165) is 72.3 Å². The Hall–Kier alpha value is -6.91. The van der Waals surface area contributed by atoms with Crippen LogP contribution in [-0.2, 0) is 0 Å². The van der Waals surface area contributed by atoms with Crippen molar-refractivity contribution < 1.29 is 0 Å². The van der Waals surface area contributed by atoms with Crippen LogP contribution in [0.4, 0.5) is 0 Å². The Kier molecular flexibility index (Phi) is 6.78. The standard InChI is InChI=1S/C47H30N4/c1-4-15-31(16-5-1)42-30-43(32-17-6-2-7-18-32)50-47(49-42)34-21-14-22-35(27-34)51-44-26-13-11-24-37(44)39-28-38-36-23-10-12-25-41(36)48-46(40(38)29-45(39)51)33-19-8-3-9-20-33/h1-30H. The van der Waals surface area contributed by atoms with Crippen LogP contribution < -0.4 is 0 Å². The summed E-state index contributed by atoms with van der Waals surface area (Å²) in [6.07, 6.45) is 0. The van der Waals surface area contributed by atoms with Gasteiger partial charge in [0.05, 0.1) is 33.6 Å². The summed E-state index contributed by atoms with van der Waals surface area (Å²) < 4.78 is 2.37. The van der Waals surface area contributed by atoms with E-state index in [4.69, 9.17) is 15.0 Å². The Labute approximate surface area is 295 Å². The van der Waals surface area contributed by atoms with Gasteiger partial charge in [0.1, 0.15) is 0 Å². The molecule has 10 rings (SSSR count). The van der Waals surface area contributed by atoms with E-state index in [1.807, 2.05) is 36.4 Å². The zero-order valence-electron chi connectivity index (χ0n) is 27.6. The van der Waals surface area contributed by atoms with Gasteiger partial charge in [-0.05, 0) is 47.9 Å². The molecule has 51 heavy (non-hydrogen) atoms. The molecule has 0 aliphatic rings. The van der Waals surface area contributed by atoms with Gasteiger partial charge in [-0.25, -0.2) is 15.0 Å². The summed E-state index contributed by atoms with van der Waals surface area (Å²) in [4.78, 5) is 15.5. The molecule has 0 atom stereocenters. The summed E-state index contributed by atoms with van der Waals surface area (Å²) in [7, 11) is 0. The van der Waals surface area contributed by atoms with E-state index in [1.165, 1.54) is 16.2 Å². The number of para-hydroxylation sites is 2. The van der Waals surface area contributed by atoms with E-state index >= 15 is 0 Å². The lowest BCUT2D eigenvalue weighted by Crippen LogP contribution is -1.98. The number of hydrogen-bond acceptors (Lipinski definition) is 3. The van der Waals surface area contributed by atoms with Crippen LogP contribution in [0.15, 0.2) is 182 Å². The first-order valence-electron chi connectivity index (χ1n) is 17.2. The molecule has 0 bridgehead atoms. The number of pyridine rings is 1. The summed E-state index contributed by atoms with van der Waals surface area (Å²) in [6, 6.07) is 63.7. The maximum atomic E-state index is 5.23. The highest BCUT2D eigenvalue weighted by atomic mass is 15.0. The second-order valence-corrected chi connectivity index (χ2v) is 12.9. The molecule has 7 aromatic carbocycles. The fraction of sp³-hybridized carbons (Fsp3) is 0.